The quantitative estimate of drug-likeness (QED) is 0.624. The molecule has 0 atom stereocenters. The van der Waals surface area contributed by atoms with Crippen molar-refractivity contribution in [1.29, 1.82) is 0 Å². The van der Waals surface area contributed by atoms with Gasteiger partial charge in [-0.25, -0.2) is 0 Å². The first-order valence-corrected chi connectivity index (χ1v) is 5.22. The number of rotatable bonds is 2. The van der Waals surface area contributed by atoms with E-state index in [4.69, 9.17) is 5.11 Å². The summed E-state index contributed by atoms with van der Waals surface area (Å²) in [6.07, 6.45) is -3.20. The van der Waals surface area contributed by atoms with Crippen LogP contribution in [0.4, 0.5) is 13.2 Å². The molecule has 1 aromatic rings. The molecule has 4 heteroatoms. The SMILES string of the molecule is Cc1cc(C(F)(F)F)ccc1C#CCCCO. The maximum atomic E-state index is 12.4. The summed E-state index contributed by atoms with van der Waals surface area (Å²) in [4.78, 5) is 0. The van der Waals surface area contributed by atoms with Crippen molar-refractivity contribution in [3.05, 3.63) is 34.9 Å². The minimum Gasteiger partial charge on any atom is -0.396 e. The van der Waals surface area contributed by atoms with Crippen molar-refractivity contribution in [2.45, 2.75) is 25.9 Å². The van der Waals surface area contributed by atoms with Crippen molar-refractivity contribution >= 4 is 0 Å². The number of halogens is 3. The van der Waals surface area contributed by atoms with Gasteiger partial charge in [0.2, 0.25) is 0 Å². The van der Waals surface area contributed by atoms with E-state index in [2.05, 4.69) is 11.8 Å². The molecule has 0 aromatic heterocycles. The van der Waals surface area contributed by atoms with Gasteiger partial charge in [-0.1, -0.05) is 11.8 Å². The van der Waals surface area contributed by atoms with Crippen molar-refractivity contribution in [2.75, 3.05) is 6.61 Å². The standard InChI is InChI=1S/C13H13F3O/c1-10-9-12(13(14,15)16)7-6-11(10)5-3-2-4-8-17/h6-7,9,17H,2,4,8H2,1H3. The van der Waals surface area contributed by atoms with Crippen LogP contribution < -0.4 is 0 Å². The fraction of sp³-hybridized carbons (Fsp3) is 0.385. The molecule has 0 aliphatic rings. The maximum Gasteiger partial charge on any atom is 0.416 e. The summed E-state index contributed by atoms with van der Waals surface area (Å²) in [7, 11) is 0. The number of aliphatic hydroxyl groups is 1. The second-order valence-electron chi connectivity index (χ2n) is 3.66. The number of aliphatic hydroxyl groups excluding tert-OH is 1. The predicted molar refractivity (Wildman–Crippen MR) is 59.4 cm³/mol. The zero-order valence-electron chi connectivity index (χ0n) is 9.43. The van der Waals surface area contributed by atoms with Gasteiger partial charge in [0.1, 0.15) is 0 Å². The van der Waals surface area contributed by atoms with E-state index in [9.17, 15) is 13.2 Å². The molecule has 0 saturated heterocycles. The molecule has 1 rings (SSSR count). The fourth-order valence-corrected chi connectivity index (χ4v) is 1.31. The van der Waals surface area contributed by atoms with Crippen molar-refractivity contribution in [1.82, 2.24) is 0 Å². The van der Waals surface area contributed by atoms with Crippen LogP contribution in [0.1, 0.15) is 29.5 Å². The second kappa shape index (κ2) is 5.74. The van der Waals surface area contributed by atoms with Crippen molar-refractivity contribution in [2.24, 2.45) is 0 Å². The fourth-order valence-electron chi connectivity index (χ4n) is 1.31. The normalized spacial score (nSPS) is 10.9. The van der Waals surface area contributed by atoms with Crippen LogP contribution in [0.5, 0.6) is 0 Å². The summed E-state index contributed by atoms with van der Waals surface area (Å²) in [5.74, 6) is 5.61. The van der Waals surface area contributed by atoms with E-state index in [0.29, 0.717) is 24.0 Å². The van der Waals surface area contributed by atoms with E-state index >= 15 is 0 Å². The van der Waals surface area contributed by atoms with E-state index in [1.165, 1.54) is 6.07 Å². The van der Waals surface area contributed by atoms with E-state index in [0.717, 1.165) is 12.1 Å². The third-order valence-corrected chi connectivity index (χ3v) is 2.24. The molecule has 1 nitrogen and oxygen atoms in total. The third kappa shape index (κ3) is 4.12. The van der Waals surface area contributed by atoms with Gasteiger partial charge < -0.3 is 5.11 Å². The molecule has 0 fully saturated rings. The van der Waals surface area contributed by atoms with Gasteiger partial charge in [0, 0.05) is 18.6 Å². The Kier molecular flexibility index (Phi) is 4.59. The molecule has 0 aliphatic carbocycles. The molecule has 17 heavy (non-hydrogen) atoms. The summed E-state index contributed by atoms with van der Waals surface area (Å²) < 4.78 is 37.2. The van der Waals surface area contributed by atoms with E-state index in [-0.39, 0.29) is 6.61 Å². The number of hydrogen-bond acceptors (Lipinski definition) is 1. The van der Waals surface area contributed by atoms with E-state index in [1.54, 1.807) is 6.92 Å². The van der Waals surface area contributed by atoms with Gasteiger partial charge in [-0.15, -0.1) is 0 Å². The molecule has 0 spiro atoms. The number of aryl methyl sites for hydroxylation is 1. The molecule has 0 radical (unpaired) electrons. The Labute approximate surface area is 98.3 Å². The highest BCUT2D eigenvalue weighted by atomic mass is 19.4. The van der Waals surface area contributed by atoms with Crippen LogP contribution in [0.3, 0.4) is 0 Å². The molecule has 0 unspecified atom stereocenters. The predicted octanol–water partition coefficient (Wildman–Crippen LogP) is 3.14. The zero-order chi connectivity index (χ0) is 12.9. The Hall–Kier alpha value is -1.47. The van der Waals surface area contributed by atoms with Crippen LogP contribution in [-0.2, 0) is 6.18 Å². The van der Waals surface area contributed by atoms with Crippen LogP contribution in [-0.4, -0.2) is 11.7 Å². The van der Waals surface area contributed by atoms with E-state index in [1.807, 2.05) is 0 Å². The molecule has 0 amide bonds. The lowest BCUT2D eigenvalue weighted by atomic mass is 10.0. The summed E-state index contributed by atoms with van der Waals surface area (Å²) >= 11 is 0. The lowest BCUT2D eigenvalue weighted by molar-refractivity contribution is -0.137. The second-order valence-corrected chi connectivity index (χ2v) is 3.66. The Morgan fingerprint density at radius 2 is 2.00 bits per heavy atom. The summed E-state index contributed by atoms with van der Waals surface area (Å²) in [6.45, 7) is 1.67. The maximum absolute atomic E-state index is 12.4. The number of unbranched alkanes of at least 4 members (excludes halogenated alkanes) is 1. The van der Waals surface area contributed by atoms with Crippen molar-refractivity contribution < 1.29 is 18.3 Å². The first-order chi connectivity index (χ1) is 7.95. The smallest absolute Gasteiger partial charge is 0.396 e. The highest BCUT2D eigenvalue weighted by molar-refractivity contribution is 5.43. The van der Waals surface area contributed by atoms with Gasteiger partial charge in [-0.2, -0.15) is 13.2 Å². The van der Waals surface area contributed by atoms with Gasteiger partial charge in [0.25, 0.3) is 0 Å². The van der Waals surface area contributed by atoms with Crippen LogP contribution >= 0.6 is 0 Å². The first kappa shape index (κ1) is 13.6. The highest BCUT2D eigenvalue weighted by Crippen LogP contribution is 2.30. The van der Waals surface area contributed by atoms with Crippen LogP contribution in [0.15, 0.2) is 18.2 Å². The summed E-state index contributed by atoms with van der Waals surface area (Å²) in [6, 6.07) is 3.50. The minimum absolute atomic E-state index is 0.0701. The average molecular weight is 242 g/mol. The highest BCUT2D eigenvalue weighted by Gasteiger charge is 2.30. The van der Waals surface area contributed by atoms with Crippen LogP contribution in [0, 0.1) is 18.8 Å². The Bertz CT molecular complexity index is 438. The molecule has 0 saturated carbocycles. The lowest BCUT2D eigenvalue weighted by Gasteiger charge is -2.08. The monoisotopic (exact) mass is 242 g/mol. The Balaban J connectivity index is 2.86. The van der Waals surface area contributed by atoms with Gasteiger partial charge in [-0.3, -0.25) is 0 Å². The molecule has 0 aliphatic heterocycles. The van der Waals surface area contributed by atoms with E-state index < -0.39 is 11.7 Å². The van der Waals surface area contributed by atoms with Gasteiger partial charge in [0.15, 0.2) is 0 Å². The molecular weight excluding hydrogens is 229 g/mol. The molecule has 1 aromatic carbocycles. The van der Waals surface area contributed by atoms with Gasteiger partial charge in [-0.05, 0) is 37.1 Å². The van der Waals surface area contributed by atoms with Gasteiger partial charge >= 0.3 is 6.18 Å². The number of hydrogen-bond donors (Lipinski definition) is 1. The zero-order valence-corrected chi connectivity index (χ0v) is 9.43. The Morgan fingerprint density at radius 1 is 1.29 bits per heavy atom. The average Bonchev–Trinajstić information content (AvgIpc) is 2.24. The molecular formula is C13H13F3O. The molecule has 92 valence electrons. The first-order valence-electron chi connectivity index (χ1n) is 5.22. The third-order valence-electron chi connectivity index (χ3n) is 2.24. The van der Waals surface area contributed by atoms with Crippen molar-refractivity contribution in [3.8, 4) is 11.8 Å². The number of benzene rings is 1. The molecule has 0 bridgehead atoms. The summed E-state index contributed by atoms with van der Waals surface area (Å²) in [5, 5.41) is 8.55. The summed E-state index contributed by atoms with van der Waals surface area (Å²) in [5.41, 5.74) is 0.447. The van der Waals surface area contributed by atoms with Gasteiger partial charge in [0.05, 0.1) is 5.56 Å². The molecule has 0 heterocycles. The largest absolute Gasteiger partial charge is 0.416 e. The lowest BCUT2D eigenvalue weighted by Crippen LogP contribution is -2.05. The molecule has 1 N–H and O–H groups in total. The number of alkyl halides is 3. The van der Waals surface area contributed by atoms with Crippen LogP contribution in [0.2, 0.25) is 0 Å². The topological polar surface area (TPSA) is 20.2 Å². The minimum atomic E-state index is -4.31. The van der Waals surface area contributed by atoms with Crippen LogP contribution in [0.25, 0.3) is 0 Å². The Morgan fingerprint density at radius 3 is 2.53 bits per heavy atom. The van der Waals surface area contributed by atoms with Crippen molar-refractivity contribution in [3.63, 3.8) is 0 Å².